The van der Waals surface area contributed by atoms with Crippen LogP contribution in [0.2, 0.25) is 0 Å². The molecule has 8 heteroatoms. The SMILES string of the molecule is O=C(C[C@H]1SC(N2CCCCC2)=NC1=O)Nc1cccc(C(=O)N[C@H]2CCc3ccccc32)c1. The van der Waals surface area contributed by atoms with Crippen LogP contribution in [0.4, 0.5) is 5.69 Å². The Hall–Kier alpha value is -3.13. The third-order valence-electron chi connectivity index (χ3n) is 6.57. The summed E-state index contributed by atoms with van der Waals surface area (Å²) in [5.41, 5.74) is 3.48. The Kier molecular flexibility index (Phi) is 6.67. The number of fused-ring (bicyclic) bond motifs is 1. The molecule has 2 heterocycles. The number of anilines is 1. The molecule has 0 aromatic heterocycles. The van der Waals surface area contributed by atoms with E-state index in [1.165, 1.54) is 29.3 Å². The first-order chi connectivity index (χ1) is 16.6. The van der Waals surface area contributed by atoms with Gasteiger partial charge in [0.2, 0.25) is 5.91 Å². The summed E-state index contributed by atoms with van der Waals surface area (Å²) in [5, 5.41) is 6.20. The van der Waals surface area contributed by atoms with E-state index in [4.69, 9.17) is 0 Å². The zero-order valence-corrected chi connectivity index (χ0v) is 19.8. The molecule has 1 saturated heterocycles. The van der Waals surface area contributed by atoms with Gasteiger partial charge in [-0.15, -0.1) is 0 Å². The zero-order valence-electron chi connectivity index (χ0n) is 19.0. The topological polar surface area (TPSA) is 90.9 Å². The lowest BCUT2D eigenvalue weighted by Gasteiger charge is -2.27. The van der Waals surface area contributed by atoms with Crippen molar-refractivity contribution in [2.24, 2.45) is 4.99 Å². The number of nitrogens with zero attached hydrogens (tertiary/aromatic N) is 2. The molecule has 0 unspecified atom stereocenters. The largest absolute Gasteiger partial charge is 0.351 e. The summed E-state index contributed by atoms with van der Waals surface area (Å²) >= 11 is 1.39. The number of benzene rings is 2. The number of carbonyl (C=O) groups is 3. The first-order valence-corrected chi connectivity index (χ1v) is 12.8. The van der Waals surface area contributed by atoms with Gasteiger partial charge < -0.3 is 15.5 Å². The number of likely N-dealkylation sites (tertiary alicyclic amines) is 1. The van der Waals surface area contributed by atoms with Crippen molar-refractivity contribution in [3.63, 3.8) is 0 Å². The van der Waals surface area contributed by atoms with Gasteiger partial charge in [0.25, 0.3) is 11.8 Å². The van der Waals surface area contributed by atoms with Gasteiger partial charge in [-0.1, -0.05) is 42.1 Å². The van der Waals surface area contributed by atoms with Crippen molar-refractivity contribution in [1.82, 2.24) is 10.2 Å². The molecule has 0 spiro atoms. The van der Waals surface area contributed by atoms with Crippen LogP contribution in [-0.4, -0.2) is 46.1 Å². The summed E-state index contributed by atoms with van der Waals surface area (Å²) in [7, 11) is 0. The van der Waals surface area contributed by atoms with E-state index in [2.05, 4.69) is 32.7 Å². The lowest BCUT2D eigenvalue weighted by Crippen LogP contribution is -2.33. The summed E-state index contributed by atoms with van der Waals surface area (Å²) in [5.74, 6) is -0.673. The van der Waals surface area contributed by atoms with Crippen molar-refractivity contribution in [3.8, 4) is 0 Å². The molecule has 2 atom stereocenters. The second-order valence-electron chi connectivity index (χ2n) is 8.98. The van der Waals surface area contributed by atoms with Crippen LogP contribution >= 0.6 is 11.8 Å². The highest BCUT2D eigenvalue weighted by atomic mass is 32.2. The molecule has 2 N–H and O–H groups in total. The summed E-state index contributed by atoms with van der Waals surface area (Å²) < 4.78 is 0. The summed E-state index contributed by atoms with van der Waals surface area (Å²) in [6.45, 7) is 1.83. The number of amides is 3. The van der Waals surface area contributed by atoms with E-state index in [0.717, 1.165) is 43.9 Å². The zero-order chi connectivity index (χ0) is 23.5. The lowest BCUT2D eigenvalue weighted by molar-refractivity contribution is -0.121. The molecule has 1 fully saturated rings. The van der Waals surface area contributed by atoms with Gasteiger partial charge in [-0.2, -0.15) is 4.99 Å². The number of hydrogen-bond acceptors (Lipinski definition) is 5. The van der Waals surface area contributed by atoms with Gasteiger partial charge in [0.15, 0.2) is 5.17 Å². The molecule has 2 aliphatic heterocycles. The van der Waals surface area contributed by atoms with Crippen LogP contribution in [0.25, 0.3) is 0 Å². The highest BCUT2D eigenvalue weighted by molar-refractivity contribution is 8.15. The van der Waals surface area contributed by atoms with Gasteiger partial charge in [-0.3, -0.25) is 14.4 Å². The monoisotopic (exact) mass is 476 g/mol. The van der Waals surface area contributed by atoms with Gasteiger partial charge in [-0.05, 0) is 61.4 Å². The molecule has 2 aromatic rings. The average Bonchev–Trinajstić information content (AvgIpc) is 3.43. The van der Waals surface area contributed by atoms with E-state index in [9.17, 15) is 14.4 Å². The molecule has 34 heavy (non-hydrogen) atoms. The third kappa shape index (κ3) is 5.01. The number of aliphatic imine (C=N–C) groups is 1. The fraction of sp³-hybridized carbons (Fsp3) is 0.385. The number of aryl methyl sites for hydroxylation is 1. The predicted molar refractivity (Wildman–Crippen MR) is 134 cm³/mol. The van der Waals surface area contributed by atoms with Gasteiger partial charge in [0.1, 0.15) is 5.25 Å². The van der Waals surface area contributed by atoms with Gasteiger partial charge in [-0.25, -0.2) is 0 Å². The summed E-state index contributed by atoms with van der Waals surface area (Å²) in [4.78, 5) is 44.2. The van der Waals surface area contributed by atoms with Gasteiger partial charge >= 0.3 is 0 Å². The van der Waals surface area contributed by atoms with Gasteiger partial charge in [0, 0.05) is 30.8 Å². The average molecular weight is 477 g/mol. The Morgan fingerprint density at radius 3 is 2.74 bits per heavy atom. The lowest BCUT2D eigenvalue weighted by atomic mass is 10.1. The number of carbonyl (C=O) groups excluding carboxylic acids is 3. The molecule has 3 amide bonds. The van der Waals surface area contributed by atoms with Crippen LogP contribution < -0.4 is 10.6 Å². The van der Waals surface area contributed by atoms with Crippen LogP contribution in [0.5, 0.6) is 0 Å². The molecule has 0 bridgehead atoms. The molecule has 3 aliphatic rings. The third-order valence-corrected chi connectivity index (χ3v) is 7.79. The smallest absolute Gasteiger partial charge is 0.262 e. The first kappa shape index (κ1) is 22.7. The number of amidine groups is 1. The van der Waals surface area contributed by atoms with E-state index in [1.54, 1.807) is 24.3 Å². The molecule has 0 radical (unpaired) electrons. The normalized spacial score (nSPS) is 21.7. The maximum absolute atomic E-state index is 12.9. The maximum Gasteiger partial charge on any atom is 0.262 e. The fourth-order valence-electron chi connectivity index (χ4n) is 4.80. The highest BCUT2D eigenvalue weighted by Gasteiger charge is 2.33. The summed E-state index contributed by atoms with van der Waals surface area (Å²) in [6, 6.07) is 15.1. The van der Waals surface area contributed by atoms with E-state index >= 15 is 0 Å². The Labute approximate surface area is 203 Å². The van der Waals surface area contributed by atoms with Crippen molar-refractivity contribution in [2.75, 3.05) is 18.4 Å². The fourth-order valence-corrected chi connectivity index (χ4v) is 5.91. The van der Waals surface area contributed by atoms with E-state index in [0.29, 0.717) is 11.3 Å². The van der Waals surface area contributed by atoms with E-state index in [-0.39, 0.29) is 30.2 Å². The quantitative estimate of drug-likeness (QED) is 0.683. The molecule has 5 rings (SSSR count). The standard InChI is InChI=1S/C26H28N4O3S/c31-23(16-22-25(33)29-26(34-22)30-13-4-1-5-14-30)27-19-9-6-8-18(15-19)24(32)28-21-12-11-17-7-2-3-10-20(17)21/h2-3,6-10,15,21-22H,1,4-5,11-14,16H2,(H,27,31)(H,28,32)/t21-,22+/m0/s1. The molecular formula is C26H28N4O3S. The molecular weight excluding hydrogens is 448 g/mol. The molecule has 1 aliphatic carbocycles. The number of piperidine rings is 1. The minimum atomic E-state index is -0.495. The van der Waals surface area contributed by atoms with Gasteiger partial charge in [0.05, 0.1) is 6.04 Å². The minimum absolute atomic E-state index is 0.00134. The Balaban J connectivity index is 1.16. The van der Waals surface area contributed by atoms with E-state index < -0.39 is 5.25 Å². The Bertz CT molecular complexity index is 1140. The van der Waals surface area contributed by atoms with Crippen LogP contribution in [0.15, 0.2) is 53.5 Å². The highest BCUT2D eigenvalue weighted by Crippen LogP contribution is 2.31. The Morgan fingerprint density at radius 2 is 1.88 bits per heavy atom. The molecule has 176 valence electrons. The van der Waals surface area contributed by atoms with Crippen molar-refractivity contribution < 1.29 is 14.4 Å². The number of rotatable bonds is 5. The Morgan fingerprint density at radius 1 is 1.06 bits per heavy atom. The molecule has 2 aromatic carbocycles. The van der Waals surface area contributed by atoms with Crippen molar-refractivity contribution >= 4 is 40.3 Å². The van der Waals surface area contributed by atoms with Crippen LogP contribution in [0, 0.1) is 0 Å². The van der Waals surface area contributed by atoms with Crippen LogP contribution in [0.3, 0.4) is 0 Å². The second kappa shape index (κ2) is 10.0. The van der Waals surface area contributed by atoms with Crippen molar-refractivity contribution in [1.29, 1.82) is 0 Å². The van der Waals surface area contributed by atoms with Crippen molar-refractivity contribution in [2.45, 2.75) is 49.8 Å². The first-order valence-electron chi connectivity index (χ1n) is 11.9. The molecule has 0 saturated carbocycles. The van der Waals surface area contributed by atoms with Crippen LogP contribution in [-0.2, 0) is 16.0 Å². The predicted octanol–water partition coefficient (Wildman–Crippen LogP) is 3.92. The van der Waals surface area contributed by atoms with E-state index in [1.807, 2.05) is 12.1 Å². The summed E-state index contributed by atoms with van der Waals surface area (Å²) in [6.07, 6.45) is 5.32. The number of hydrogen-bond donors (Lipinski definition) is 2. The minimum Gasteiger partial charge on any atom is -0.351 e. The number of thioether (sulfide) groups is 1. The maximum atomic E-state index is 12.9. The van der Waals surface area contributed by atoms with Crippen molar-refractivity contribution in [3.05, 3.63) is 65.2 Å². The molecule has 7 nitrogen and oxygen atoms in total. The second-order valence-corrected chi connectivity index (χ2v) is 10.2. The van der Waals surface area contributed by atoms with Crippen LogP contribution in [0.1, 0.15) is 59.6 Å². The number of nitrogens with one attached hydrogen (secondary N) is 2.